The van der Waals surface area contributed by atoms with Gasteiger partial charge < -0.3 is 20.9 Å². The van der Waals surface area contributed by atoms with Gasteiger partial charge in [-0.25, -0.2) is 4.79 Å². The SMILES string of the molecule is C[C@@H](/C=C/C(=O)Nc1ccccc1N)[C@@H](OC(=O)Nc1cccc2ccccc12)c1ccc(O)c2ccccc12. The minimum atomic E-state index is -0.772. The molecule has 5 aromatic carbocycles. The number of nitrogens with one attached hydrogen (secondary N) is 2. The average Bonchev–Trinajstić information content (AvgIpc) is 2.97. The Morgan fingerprint density at radius 1 is 0.775 bits per heavy atom. The molecule has 0 heterocycles. The lowest BCUT2D eigenvalue weighted by molar-refractivity contribution is -0.111. The highest BCUT2D eigenvalue weighted by Crippen LogP contribution is 2.36. The fourth-order valence-corrected chi connectivity index (χ4v) is 4.72. The number of nitrogen functional groups attached to an aromatic ring is 1. The Hall–Kier alpha value is -5.30. The van der Waals surface area contributed by atoms with Gasteiger partial charge in [0.1, 0.15) is 11.9 Å². The Morgan fingerprint density at radius 3 is 2.23 bits per heavy atom. The predicted molar refractivity (Wildman–Crippen MR) is 160 cm³/mol. The van der Waals surface area contributed by atoms with Gasteiger partial charge in [0.05, 0.1) is 17.1 Å². The van der Waals surface area contributed by atoms with Crippen LogP contribution < -0.4 is 16.4 Å². The molecule has 7 heteroatoms. The van der Waals surface area contributed by atoms with E-state index in [-0.39, 0.29) is 11.7 Å². The highest BCUT2D eigenvalue weighted by molar-refractivity contribution is 6.02. The van der Waals surface area contributed by atoms with Crippen LogP contribution in [0, 0.1) is 5.92 Å². The molecular weight excluding hydrogens is 502 g/mol. The Morgan fingerprint density at radius 2 is 1.43 bits per heavy atom. The molecule has 0 aromatic heterocycles. The zero-order chi connectivity index (χ0) is 28.1. The number of para-hydroxylation sites is 2. The second kappa shape index (κ2) is 11.6. The summed E-state index contributed by atoms with van der Waals surface area (Å²) in [6.07, 6.45) is 1.68. The third kappa shape index (κ3) is 5.73. The maximum Gasteiger partial charge on any atom is 0.412 e. The van der Waals surface area contributed by atoms with E-state index in [4.69, 9.17) is 10.5 Å². The molecule has 2 amide bonds. The first-order chi connectivity index (χ1) is 19.4. The summed E-state index contributed by atoms with van der Waals surface area (Å²) in [6, 6.07) is 31.1. The second-order valence-electron chi connectivity index (χ2n) is 9.49. The van der Waals surface area contributed by atoms with E-state index in [1.54, 1.807) is 48.5 Å². The van der Waals surface area contributed by atoms with E-state index in [2.05, 4.69) is 10.6 Å². The maximum atomic E-state index is 13.3. The average molecular weight is 532 g/mol. The molecule has 0 saturated heterocycles. The van der Waals surface area contributed by atoms with E-state index in [0.717, 1.165) is 16.2 Å². The fourth-order valence-electron chi connectivity index (χ4n) is 4.72. The quantitative estimate of drug-likeness (QED) is 0.129. The number of carbonyl (C=O) groups excluding carboxylic acids is 2. The number of hydrogen-bond donors (Lipinski definition) is 4. The lowest BCUT2D eigenvalue weighted by Crippen LogP contribution is -2.22. The molecule has 0 bridgehead atoms. The molecule has 0 unspecified atom stereocenters. The summed E-state index contributed by atoms with van der Waals surface area (Å²) in [5.74, 6) is -0.648. The summed E-state index contributed by atoms with van der Waals surface area (Å²) in [5, 5.41) is 19.3. The summed E-state index contributed by atoms with van der Waals surface area (Å²) < 4.78 is 6.03. The van der Waals surface area contributed by atoms with Crippen LogP contribution in [0.2, 0.25) is 0 Å². The van der Waals surface area contributed by atoms with E-state index >= 15 is 0 Å². The van der Waals surface area contributed by atoms with Crippen LogP contribution in [0.4, 0.5) is 21.9 Å². The normalized spacial score (nSPS) is 12.7. The van der Waals surface area contributed by atoms with Gasteiger partial charge in [0.25, 0.3) is 0 Å². The van der Waals surface area contributed by atoms with Gasteiger partial charge in [-0.3, -0.25) is 10.1 Å². The molecule has 0 fully saturated rings. The van der Waals surface area contributed by atoms with Gasteiger partial charge in [-0.1, -0.05) is 91.9 Å². The number of rotatable bonds is 7. The summed E-state index contributed by atoms with van der Waals surface area (Å²) in [5.41, 5.74) is 8.24. The second-order valence-corrected chi connectivity index (χ2v) is 9.49. The minimum absolute atomic E-state index is 0.126. The molecule has 40 heavy (non-hydrogen) atoms. The zero-order valence-corrected chi connectivity index (χ0v) is 21.9. The number of benzene rings is 5. The number of amides is 2. The van der Waals surface area contributed by atoms with Gasteiger partial charge in [0.15, 0.2) is 0 Å². The molecule has 5 rings (SSSR count). The van der Waals surface area contributed by atoms with Crippen molar-refractivity contribution >= 4 is 50.6 Å². The molecule has 0 aliphatic carbocycles. The number of carbonyl (C=O) groups is 2. The van der Waals surface area contributed by atoms with Gasteiger partial charge in [-0.05, 0) is 41.1 Å². The number of nitrogens with two attached hydrogens (primary N) is 1. The van der Waals surface area contributed by atoms with Crippen molar-refractivity contribution in [2.75, 3.05) is 16.4 Å². The molecule has 0 radical (unpaired) electrons. The summed E-state index contributed by atoms with van der Waals surface area (Å²) in [6.45, 7) is 1.86. The molecule has 0 spiro atoms. The van der Waals surface area contributed by atoms with Crippen molar-refractivity contribution in [3.63, 3.8) is 0 Å². The number of ether oxygens (including phenoxy) is 1. The number of aromatic hydroxyl groups is 1. The fraction of sp³-hybridized carbons (Fsp3) is 0.0909. The lowest BCUT2D eigenvalue weighted by atomic mass is 9.92. The lowest BCUT2D eigenvalue weighted by Gasteiger charge is -2.24. The number of hydrogen-bond acceptors (Lipinski definition) is 5. The minimum Gasteiger partial charge on any atom is -0.507 e. The van der Waals surface area contributed by atoms with Crippen LogP contribution >= 0.6 is 0 Å². The van der Waals surface area contributed by atoms with Crippen LogP contribution in [0.3, 0.4) is 0 Å². The molecule has 5 N–H and O–H groups in total. The van der Waals surface area contributed by atoms with E-state index < -0.39 is 18.1 Å². The van der Waals surface area contributed by atoms with Gasteiger partial charge in [0, 0.05) is 22.3 Å². The third-order valence-electron chi connectivity index (χ3n) is 6.75. The molecule has 0 aliphatic heterocycles. The van der Waals surface area contributed by atoms with E-state index in [1.165, 1.54) is 6.08 Å². The molecule has 200 valence electrons. The summed E-state index contributed by atoms with van der Waals surface area (Å²) >= 11 is 0. The summed E-state index contributed by atoms with van der Waals surface area (Å²) in [4.78, 5) is 25.9. The van der Waals surface area contributed by atoms with Crippen LogP contribution in [0.15, 0.2) is 115 Å². The number of phenolic OH excluding ortho intramolecular Hbond substituents is 1. The first kappa shape index (κ1) is 26.3. The Labute approximate surface area is 231 Å². The molecule has 0 aliphatic rings. The van der Waals surface area contributed by atoms with Crippen molar-refractivity contribution in [2.24, 2.45) is 5.92 Å². The Balaban J connectivity index is 1.44. The van der Waals surface area contributed by atoms with Crippen LogP contribution in [-0.4, -0.2) is 17.1 Å². The molecule has 0 saturated carbocycles. The standard InChI is InChI=1S/C33H29N3O4/c1-21(17-20-31(38)35-29-15-7-6-14-27(29)34)32(26-18-19-30(37)25-13-5-4-12-24(25)26)40-33(39)36-28-16-8-10-22-9-2-3-11-23(22)28/h2-21,32,37H,34H2,1H3,(H,35,38)(H,36,39)/b20-17+/t21-,32+/m0/s1. The van der Waals surface area contributed by atoms with Gasteiger partial charge in [-0.2, -0.15) is 0 Å². The maximum absolute atomic E-state index is 13.3. The van der Waals surface area contributed by atoms with E-state index in [1.807, 2.05) is 67.6 Å². The van der Waals surface area contributed by atoms with Crippen molar-refractivity contribution in [1.29, 1.82) is 0 Å². The van der Waals surface area contributed by atoms with Gasteiger partial charge in [0.2, 0.25) is 5.91 Å². The molecular formula is C33H29N3O4. The van der Waals surface area contributed by atoms with E-state index in [0.29, 0.717) is 28.0 Å². The first-order valence-corrected chi connectivity index (χ1v) is 12.9. The topological polar surface area (TPSA) is 114 Å². The Bertz CT molecular complexity index is 1720. The van der Waals surface area contributed by atoms with E-state index in [9.17, 15) is 14.7 Å². The Kier molecular flexibility index (Phi) is 7.64. The third-order valence-corrected chi connectivity index (χ3v) is 6.75. The van der Waals surface area contributed by atoms with Crippen LogP contribution in [0.5, 0.6) is 5.75 Å². The largest absolute Gasteiger partial charge is 0.507 e. The molecule has 2 atom stereocenters. The van der Waals surface area contributed by atoms with Crippen molar-refractivity contribution in [1.82, 2.24) is 0 Å². The van der Waals surface area contributed by atoms with Crippen LogP contribution in [0.1, 0.15) is 18.6 Å². The van der Waals surface area contributed by atoms with Gasteiger partial charge >= 0.3 is 6.09 Å². The predicted octanol–water partition coefficient (Wildman–Crippen LogP) is 7.40. The summed E-state index contributed by atoms with van der Waals surface area (Å²) in [7, 11) is 0. The monoisotopic (exact) mass is 531 g/mol. The van der Waals surface area contributed by atoms with Crippen molar-refractivity contribution in [3.8, 4) is 5.75 Å². The highest BCUT2D eigenvalue weighted by atomic mass is 16.6. The van der Waals surface area contributed by atoms with Crippen LogP contribution in [-0.2, 0) is 9.53 Å². The smallest absolute Gasteiger partial charge is 0.412 e. The van der Waals surface area contributed by atoms with Crippen molar-refractivity contribution in [3.05, 3.63) is 121 Å². The highest BCUT2D eigenvalue weighted by Gasteiger charge is 2.25. The number of phenols is 1. The zero-order valence-electron chi connectivity index (χ0n) is 21.9. The first-order valence-electron chi connectivity index (χ1n) is 12.9. The molecule has 5 aromatic rings. The molecule has 7 nitrogen and oxygen atoms in total. The van der Waals surface area contributed by atoms with Gasteiger partial charge in [-0.15, -0.1) is 0 Å². The van der Waals surface area contributed by atoms with Crippen molar-refractivity contribution in [2.45, 2.75) is 13.0 Å². The van der Waals surface area contributed by atoms with Crippen molar-refractivity contribution < 1.29 is 19.4 Å². The van der Waals surface area contributed by atoms with Crippen LogP contribution in [0.25, 0.3) is 21.5 Å². The number of anilines is 3. The number of fused-ring (bicyclic) bond motifs is 2.